The van der Waals surface area contributed by atoms with Crippen LogP contribution in [-0.2, 0) is 0 Å². The van der Waals surface area contributed by atoms with Crippen LogP contribution in [0.15, 0.2) is 77.7 Å². The second kappa shape index (κ2) is 6.06. The first kappa shape index (κ1) is 14.8. The highest BCUT2D eigenvalue weighted by atomic mass is 127. The fourth-order valence-corrected chi connectivity index (χ4v) is 4.11. The van der Waals surface area contributed by atoms with Gasteiger partial charge in [0.05, 0.1) is 5.69 Å². The average molecular weight is 427 g/mol. The van der Waals surface area contributed by atoms with Gasteiger partial charge in [0.25, 0.3) is 0 Å². The van der Waals surface area contributed by atoms with E-state index in [9.17, 15) is 0 Å². The molecule has 112 valence electrons. The van der Waals surface area contributed by atoms with Crippen molar-refractivity contribution in [2.75, 3.05) is 0 Å². The third kappa shape index (κ3) is 2.58. The third-order valence-electron chi connectivity index (χ3n) is 4.03. The smallest absolute Gasteiger partial charge is 0.0606 e. The first-order valence-electron chi connectivity index (χ1n) is 7.39. The molecule has 1 heterocycles. The van der Waals surface area contributed by atoms with E-state index in [1.165, 1.54) is 31.3 Å². The van der Waals surface area contributed by atoms with E-state index in [-0.39, 0.29) is 0 Å². The highest BCUT2D eigenvalue weighted by Gasteiger charge is 2.15. The number of thiol groups is 1. The van der Waals surface area contributed by atoms with Crippen molar-refractivity contribution >= 4 is 46.1 Å². The Balaban J connectivity index is 2.00. The number of benzene rings is 3. The molecule has 0 amide bonds. The van der Waals surface area contributed by atoms with Crippen LogP contribution in [0.5, 0.6) is 0 Å². The SMILES string of the molecule is Sc1ccccc1-c1ccccc1-c1[nH]c2ccccc2c1I. The van der Waals surface area contributed by atoms with Crippen molar-refractivity contribution in [3.05, 3.63) is 76.4 Å². The summed E-state index contributed by atoms with van der Waals surface area (Å²) >= 11 is 7.06. The molecule has 0 atom stereocenters. The van der Waals surface area contributed by atoms with Crippen LogP contribution in [-0.4, -0.2) is 4.98 Å². The Labute approximate surface area is 154 Å². The van der Waals surface area contributed by atoms with Crippen LogP contribution in [0.1, 0.15) is 0 Å². The van der Waals surface area contributed by atoms with Gasteiger partial charge >= 0.3 is 0 Å². The van der Waals surface area contributed by atoms with Gasteiger partial charge in [-0.05, 0) is 45.9 Å². The Morgan fingerprint density at radius 2 is 1.30 bits per heavy atom. The van der Waals surface area contributed by atoms with Gasteiger partial charge in [0, 0.05) is 24.9 Å². The van der Waals surface area contributed by atoms with Crippen molar-refractivity contribution in [2.45, 2.75) is 4.90 Å². The molecule has 23 heavy (non-hydrogen) atoms. The van der Waals surface area contributed by atoms with E-state index in [1.54, 1.807) is 0 Å². The fraction of sp³-hybridized carbons (Fsp3) is 0. The van der Waals surface area contributed by atoms with E-state index in [4.69, 9.17) is 0 Å². The zero-order valence-electron chi connectivity index (χ0n) is 12.3. The molecule has 0 bridgehead atoms. The fourth-order valence-electron chi connectivity index (χ4n) is 2.93. The monoisotopic (exact) mass is 427 g/mol. The Morgan fingerprint density at radius 3 is 2.04 bits per heavy atom. The minimum Gasteiger partial charge on any atom is -0.354 e. The summed E-state index contributed by atoms with van der Waals surface area (Å²) in [7, 11) is 0. The minimum atomic E-state index is 0.992. The lowest BCUT2D eigenvalue weighted by Crippen LogP contribution is -1.88. The van der Waals surface area contributed by atoms with E-state index in [1.807, 2.05) is 12.1 Å². The highest BCUT2D eigenvalue weighted by molar-refractivity contribution is 14.1. The Kier molecular flexibility index (Phi) is 3.91. The van der Waals surface area contributed by atoms with Gasteiger partial charge in [-0.3, -0.25) is 0 Å². The van der Waals surface area contributed by atoms with Gasteiger partial charge in [0.1, 0.15) is 0 Å². The highest BCUT2D eigenvalue weighted by Crippen LogP contribution is 2.38. The van der Waals surface area contributed by atoms with Gasteiger partial charge in [0.15, 0.2) is 0 Å². The number of nitrogens with one attached hydrogen (secondary N) is 1. The largest absolute Gasteiger partial charge is 0.354 e. The van der Waals surface area contributed by atoms with E-state index in [0.29, 0.717) is 0 Å². The molecular formula is C20H14INS. The Hall–Kier alpha value is -1.72. The minimum absolute atomic E-state index is 0.992. The van der Waals surface area contributed by atoms with Gasteiger partial charge in [0.2, 0.25) is 0 Å². The predicted octanol–water partition coefficient (Wildman–Crippen LogP) is 6.40. The number of halogens is 1. The van der Waals surface area contributed by atoms with Crippen LogP contribution < -0.4 is 0 Å². The number of fused-ring (bicyclic) bond motifs is 1. The number of hydrogen-bond donors (Lipinski definition) is 2. The van der Waals surface area contributed by atoms with Gasteiger partial charge in [-0.25, -0.2) is 0 Å². The van der Waals surface area contributed by atoms with Gasteiger partial charge in [-0.15, -0.1) is 12.6 Å². The summed E-state index contributed by atoms with van der Waals surface area (Å²) in [5, 5.41) is 1.26. The van der Waals surface area contributed by atoms with E-state index >= 15 is 0 Å². The number of para-hydroxylation sites is 1. The van der Waals surface area contributed by atoms with Crippen LogP contribution in [0.4, 0.5) is 0 Å². The Bertz CT molecular complexity index is 1000. The van der Waals surface area contributed by atoms with Crippen molar-refractivity contribution in [3.63, 3.8) is 0 Å². The zero-order chi connectivity index (χ0) is 15.8. The van der Waals surface area contributed by atoms with E-state index in [2.05, 4.69) is 101 Å². The van der Waals surface area contributed by atoms with Crippen LogP contribution in [0.3, 0.4) is 0 Å². The van der Waals surface area contributed by atoms with Crippen LogP contribution in [0.25, 0.3) is 33.3 Å². The summed E-state index contributed by atoms with van der Waals surface area (Å²) < 4.78 is 1.25. The maximum Gasteiger partial charge on any atom is 0.0606 e. The molecular weight excluding hydrogens is 413 g/mol. The maximum absolute atomic E-state index is 4.63. The van der Waals surface area contributed by atoms with Crippen molar-refractivity contribution < 1.29 is 0 Å². The van der Waals surface area contributed by atoms with Crippen molar-refractivity contribution in [1.29, 1.82) is 0 Å². The summed E-state index contributed by atoms with van der Waals surface area (Å²) in [6.07, 6.45) is 0. The number of hydrogen-bond acceptors (Lipinski definition) is 1. The molecule has 4 rings (SSSR count). The first-order valence-corrected chi connectivity index (χ1v) is 8.92. The molecule has 1 aromatic heterocycles. The lowest BCUT2D eigenvalue weighted by Gasteiger charge is -2.11. The van der Waals surface area contributed by atoms with Crippen molar-refractivity contribution in [1.82, 2.24) is 4.98 Å². The second-order valence-electron chi connectivity index (χ2n) is 5.42. The molecule has 0 fully saturated rings. The summed E-state index contributed by atoms with van der Waals surface area (Å²) in [5.74, 6) is 0. The lowest BCUT2D eigenvalue weighted by atomic mass is 9.97. The summed E-state index contributed by atoms with van der Waals surface area (Å²) in [5.41, 5.74) is 5.89. The van der Waals surface area contributed by atoms with E-state index in [0.717, 1.165) is 10.5 Å². The summed E-state index contributed by atoms with van der Waals surface area (Å²) in [6.45, 7) is 0. The standard InChI is InChI=1S/C20H14INS/c21-19-16-10-3-5-11-17(16)22-20(19)15-9-2-1-7-13(15)14-8-4-6-12-18(14)23/h1-12,22-23H. The Morgan fingerprint density at radius 1 is 0.696 bits per heavy atom. The molecule has 0 radical (unpaired) electrons. The molecule has 1 nitrogen and oxygen atoms in total. The quantitative estimate of drug-likeness (QED) is 0.272. The number of aromatic amines is 1. The summed E-state index contributed by atoms with van der Waals surface area (Å²) in [4.78, 5) is 4.57. The average Bonchev–Trinajstić information content (AvgIpc) is 2.93. The molecule has 0 saturated heterocycles. The van der Waals surface area contributed by atoms with E-state index < -0.39 is 0 Å². The number of aromatic nitrogens is 1. The molecule has 0 aliphatic rings. The van der Waals surface area contributed by atoms with Gasteiger partial charge in [-0.1, -0.05) is 60.7 Å². The van der Waals surface area contributed by atoms with Gasteiger partial charge in [-0.2, -0.15) is 0 Å². The molecule has 4 aromatic rings. The normalized spacial score (nSPS) is 11.0. The van der Waals surface area contributed by atoms with Crippen LogP contribution in [0, 0.1) is 3.57 Å². The molecule has 1 N–H and O–H groups in total. The maximum atomic E-state index is 4.63. The van der Waals surface area contributed by atoms with Gasteiger partial charge < -0.3 is 4.98 Å². The van der Waals surface area contributed by atoms with Crippen LogP contribution >= 0.6 is 35.2 Å². The molecule has 0 spiro atoms. The lowest BCUT2D eigenvalue weighted by molar-refractivity contribution is 1.41. The second-order valence-corrected chi connectivity index (χ2v) is 6.98. The third-order valence-corrected chi connectivity index (χ3v) is 5.54. The van der Waals surface area contributed by atoms with Crippen molar-refractivity contribution in [3.8, 4) is 22.4 Å². The summed E-state index contributed by atoms with van der Waals surface area (Å²) in [6, 6.07) is 25.1. The zero-order valence-corrected chi connectivity index (χ0v) is 15.3. The molecule has 0 aliphatic heterocycles. The number of rotatable bonds is 2. The van der Waals surface area contributed by atoms with Crippen LogP contribution in [0.2, 0.25) is 0 Å². The predicted molar refractivity (Wildman–Crippen MR) is 109 cm³/mol. The molecule has 0 saturated carbocycles. The molecule has 0 aliphatic carbocycles. The topological polar surface area (TPSA) is 15.8 Å². The number of H-pyrrole nitrogens is 1. The first-order chi connectivity index (χ1) is 11.3. The molecule has 3 aromatic carbocycles. The molecule has 0 unspecified atom stereocenters. The molecule has 3 heteroatoms. The van der Waals surface area contributed by atoms with Crippen molar-refractivity contribution in [2.24, 2.45) is 0 Å².